The zero-order valence-electron chi connectivity index (χ0n) is 16.6. The molecule has 0 spiro atoms. The summed E-state index contributed by atoms with van der Waals surface area (Å²) >= 11 is 11.9. The van der Waals surface area contributed by atoms with Crippen molar-refractivity contribution in [1.82, 2.24) is 0 Å². The van der Waals surface area contributed by atoms with Gasteiger partial charge in [-0.05, 0) is 22.3 Å². The quantitative estimate of drug-likeness (QED) is 0.447. The third-order valence-electron chi connectivity index (χ3n) is 4.89. The van der Waals surface area contributed by atoms with Crippen LogP contribution in [0, 0.1) is 0 Å². The second-order valence-electron chi connectivity index (χ2n) is 8.23. The lowest BCUT2D eigenvalue weighted by Crippen LogP contribution is -2.30. The Labute approximate surface area is 173 Å². The summed E-state index contributed by atoms with van der Waals surface area (Å²) in [6, 6.07) is 16.4. The maximum atomic E-state index is 6.14. The first-order chi connectivity index (χ1) is 12.5. The van der Waals surface area contributed by atoms with Crippen molar-refractivity contribution < 1.29 is 4.74 Å². The highest BCUT2D eigenvalue weighted by Gasteiger charge is 2.25. The normalized spacial score (nSPS) is 12.1. The van der Waals surface area contributed by atoms with Gasteiger partial charge in [-0.15, -0.1) is 0 Å². The summed E-state index contributed by atoms with van der Waals surface area (Å²) in [6.45, 7) is 17.5. The van der Waals surface area contributed by atoms with Crippen molar-refractivity contribution in [3.05, 3.63) is 83.9 Å². The van der Waals surface area contributed by atoms with E-state index >= 15 is 0 Å². The first-order valence-corrected chi connectivity index (χ1v) is 9.77. The molecule has 0 saturated carbocycles. The van der Waals surface area contributed by atoms with Crippen LogP contribution < -0.4 is 0 Å². The molecule has 0 aromatic heterocycles. The molecule has 1 nitrogen and oxygen atoms in total. The molecule has 0 radical (unpaired) electrons. The lowest BCUT2D eigenvalue weighted by Gasteiger charge is -2.30. The summed E-state index contributed by atoms with van der Waals surface area (Å²) < 4.78 is 6.14. The molecule has 0 saturated heterocycles. The largest absolute Gasteiger partial charge is 0.380 e. The first kappa shape index (κ1) is 21.8. The Morgan fingerprint density at radius 2 is 1.00 bits per heavy atom. The third kappa shape index (κ3) is 5.72. The Kier molecular flexibility index (Phi) is 6.97. The standard InChI is InChI=1S/C24H28Cl2O/c1-17(25)19-7-11-21(12-8-19)23(3,4)15-27-16-24(5,6)22-13-9-20(10-14-22)18(2)26/h7-14H,1-2,15-16H2,3-6H3. The van der Waals surface area contributed by atoms with E-state index in [-0.39, 0.29) is 10.8 Å². The molecule has 0 atom stereocenters. The monoisotopic (exact) mass is 402 g/mol. The van der Waals surface area contributed by atoms with Gasteiger partial charge in [-0.2, -0.15) is 0 Å². The minimum Gasteiger partial charge on any atom is -0.380 e. The lowest BCUT2D eigenvalue weighted by atomic mass is 9.83. The highest BCUT2D eigenvalue weighted by atomic mass is 35.5. The van der Waals surface area contributed by atoms with Crippen LogP contribution in [-0.2, 0) is 15.6 Å². The molecule has 27 heavy (non-hydrogen) atoms. The fourth-order valence-corrected chi connectivity index (χ4v) is 3.18. The molecular weight excluding hydrogens is 375 g/mol. The third-order valence-corrected chi connectivity index (χ3v) is 5.32. The van der Waals surface area contributed by atoms with E-state index in [1.54, 1.807) is 0 Å². The van der Waals surface area contributed by atoms with Gasteiger partial charge in [0, 0.05) is 20.9 Å². The summed E-state index contributed by atoms with van der Waals surface area (Å²) in [5.41, 5.74) is 4.13. The van der Waals surface area contributed by atoms with E-state index in [0.717, 1.165) is 11.1 Å². The number of rotatable bonds is 8. The maximum absolute atomic E-state index is 6.14. The zero-order chi connectivity index (χ0) is 20.2. The Bertz CT molecular complexity index is 730. The molecule has 0 N–H and O–H groups in total. The molecule has 0 bridgehead atoms. The molecular formula is C24H28Cl2O. The van der Waals surface area contributed by atoms with Gasteiger partial charge in [0.15, 0.2) is 0 Å². The molecule has 3 heteroatoms. The zero-order valence-corrected chi connectivity index (χ0v) is 18.1. The summed E-state index contributed by atoms with van der Waals surface area (Å²) in [7, 11) is 0. The summed E-state index contributed by atoms with van der Waals surface area (Å²) in [5, 5.41) is 1.11. The molecule has 2 aromatic rings. The summed E-state index contributed by atoms with van der Waals surface area (Å²) in [6.07, 6.45) is 0. The minimum atomic E-state index is -0.0948. The average Bonchev–Trinajstić information content (AvgIpc) is 2.61. The topological polar surface area (TPSA) is 9.23 Å². The smallest absolute Gasteiger partial charge is 0.0558 e. The second-order valence-corrected chi connectivity index (χ2v) is 9.14. The molecule has 0 unspecified atom stereocenters. The van der Waals surface area contributed by atoms with Gasteiger partial charge in [0.25, 0.3) is 0 Å². The van der Waals surface area contributed by atoms with E-state index in [9.17, 15) is 0 Å². The van der Waals surface area contributed by atoms with Crippen LogP contribution in [0.15, 0.2) is 61.7 Å². The number of benzene rings is 2. The van der Waals surface area contributed by atoms with Crippen LogP contribution in [0.25, 0.3) is 10.1 Å². The molecule has 2 aromatic carbocycles. The van der Waals surface area contributed by atoms with Gasteiger partial charge >= 0.3 is 0 Å². The van der Waals surface area contributed by atoms with E-state index < -0.39 is 0 Å². The predicted molar refractivity (Wildman–Crippen MR) is 120 cm³/mol. The van der Waals surface area contributed by atoms with Gasteiger partial charge in [0.2, 0.25) is 0 Å². The summed E-state index contributed by atoms with van der Waals surface area (Å²) in [5.74, 6) is 0. The van der Waals surface area contributed by atoms with Gasteiger partial charge in [-0.1, -0.05) is 113 Å². The highest BCUT2D eigenvalue weighted by molar-refractivity contribution is 6.48. The fourth-order valence-electron chi connectivity index (χ4n) is 2.93. The number of ether oxygens (including phenoxy) is 1. The minimum absolute atomic E-state index is 0.0948. The van der Waals surface area contributed by atoms with Crippen LogP contribution in [0.2, 0.25) is 0 Å². The maximum Gasteiger partial charge on any atom is 0.0558 e. The average molecular weight is 403 g/mol. The van der Waals surface area contributed by atoms with Gasteiger partial charge in [-0.3, -0.25) is 0 Å². The van der Waals surface area contributed by atoms with E-state index in [1.165, 1.54) is 11.1 Å². The van der Waals surface area contributed by atoms with Crippen molar-refractivity contribution in [3.63, 3.8) is 0 Å². The summed E-state index contributed by atoms with van der Waals surface area (Å²) in [4.78, 5) is 0. The SMILES string of the molecule is C=C(Cl)c1ccc(C(C)(C)COCC(C)(C)c2ccc(C(=C)Cl)cc2)cc1. The Hall–Kier alpha value is -1.54. The Morgan fingerprint density at radius 1 is 0.704 bits per heavy atom. The first-order valence-electron chi connectivity index (χ1n) is 9.01. The van der Waals surface area contributed by atoms with Crippen molar-refractivity contribution in [3.8, 4) is 0 Å². The number of hydrogen-bond donors (Lipinski definition) is 0. The van der Waals surface area contributed by atoms with Crippen LogP contribution in [0.3, 0.4) is 0 Å². The van der Waals surface area contributed by atoms with Crippen LogP contribution >= 0.6 is 23.2 Å². The molecule has 0 fully saturated rings. The number of halogens is 2. The van der Waals surface area contributed by atoms with E-state index in [0.29, 0.717) is 23.3 Å². The van der Waals surface area contributed by atoms with Crippen molar-refractivity contribution in [1.29, 1.82) is 0 Å². The molecule has 0 aliphatic heterocycles. The Morgan fingerprint density at radius 3 is 1.26 bits per heavy atom. The van der Waals surface area contributed by atoms with E-state index in [4.69, 9.17) is 27.9 Å². The molecule has 0 aliphatic rings. The fraction of sp³-hybridized carbons (Fsp3) is 0.333. The second kappa shape index (κ2) is 8.65. The van der Waals surface area contributed by atoms with Gasteiger partial charge < -0.3 is 4.74 Å². The highest BCUT2D eigenvalue weighted by Crippen LogP contribution is 2.29. The van der Waals surface area contributed by atoms with Crippen molar-refractivity contribution in [2.45, 2.75) is 38.5 Å². The molecule has 0 aliphatic carbocycles. The van der Waals surface area contributed by atoms with Crippen LogP contribution in [0.1, 0.15) is 49.9 Å². The molecule has 144 valence electrons. The van der Waals surface area contributed by atoms with E-state index in [2.05, 4.69) is 65.1 Å². The predicted octanol–water partition coefficient (Wildman–Crippen LogP) is 7.38. The van der Waals surface area contributed by atoms with Crippen LogP contribution in [0.4, 0.5) is 0 Å². The van der Waals surface area contributed by atoms with Crippen molar-refractivity contribution in [2.75, 3.05) is 13.2 Å². The van der Waals surface area contributed by atoms with Gasteiger partial charge in [0.05, 0.1) is 13.2 Å². The van der Waals surface area contributed by atoms with Crippen molar-refractivity contribution in [2.24, 2.45) is 0 Å². The molecule has 0 amide bonds. The molecule has 2 rings (SSSR count). The molecule has 0 heterocycles. The van der Waals surface area contributed by atoms with Gasteiger partial charge in [0.1, 0.15) is 0 Å². The van der Waals surface area contributed by atoms with Crippen molar-refractivity contribution >= 4 is 33.3 Å². The van der Waals surface area contributed by atoms with Gasteiger partial charge in [-0.25, -0.2) is 0 Å². The lowest BCUT2D eigenvalue weighted by molar-refractivity contribution is 0.0634. The van der Waals surface area contributed by atoms with Crippen LogP contribution in [-0.4, -0.2) is 13.2 Å². The van der Waals surface area contributed by atoms with E-state index in [1.807, 2.05) is 24.3 Å². The van der Waals surface area contributed by atoms with Crippen LogP contribution in [0.5, 0.6) is 0 Å². The number of hydrogen-bond acceptors (Lipinski definition) is 1. The Balaban J connectivity index is 2.00.